The van der Waals surface area contributed by atoms with Crippen molar-refractivity contribution in [3.63, 3.8) is 0 Å². The molecule has 1 saturated heterocycles. The molecule has 15 heavy (non-hydrogen) atoms. The fourth-order valence-corrected chi connectivity index (χ4v) is 1.41. The van der Waals surface area contributed by atoms with Gasteiger partial charge in [-0.15, -0.1) is 0 Å². The molecule has 1 atom stereocenters. The Morgan fingerprint density at radius 3 is 2.93 bits per heavy atom. The van der Waals surface area contributed by atoms with Crippen molar-refractivity contribution in [3.8, 4) is 0 Å². The van der Waals surface area contributed by atoms with Gasteiger partial charge in [0.25, 0.3) is 5.91 Å². The first-order valence-corrected chi connectivity index (χ1v) is 5.17. The van der Waals surface area contributed by atoms with Gasteiger partial charge in [-0.2, -0.15) is 0 Å². The maximum atomic E-state index is 11.3. The maximum Gasteiger partial charge on any atom is 0.268 e. The highest BCUT2D eigenvalue weighted by molar-refractivity contribution is 5.88. The summed E-state index contributed by atoms with van der Waals surface area (Å²) in [5, 5.41) is 5.64. The Morgan fingerprint density at radius 1 is 1.53 bits per heavy atom. The number of amides is 2. The zero-order valence-electron chi connectivity index (χ0n) is 8.41. The lowest BCUT2D eigenvalue weighted by atomic mass is 10.3. The van der Waals surface area contributed by atoms with Crippen LogP contribution in [0.2, 0.25) is 0 Å². The normalized spacial score (nSPS) is 25.1. The monoisotopic (exact) mass is 213 g/mol. The van der Waals surface area contributed by atoms with Crippen LogP contribution in [0.4, 0.5) is 0 Å². The molecule has 2 aliphatic rings. The first kappa shape index (κ1) is 10.4. The Kier molecular flexibility index (Phi) is 3.17. The van der Waals surface area contributed by atoms with Crippen LogP contribution in [-0.2, 0) is 14.4 Å². The van der Waals surface area contributed by atoms with Gasteiger partial charge in [0, 0.05) is 0 Å². The average molecular weight is 213 g/mol. The molecular weight excluding hydrogens is 198 g/mol. The number of nitrogens with one attached hydrogen (secondary N) is 3. The largest absolute Gasteiger partial charge is 0.341 e. The third kappa shape index (κ3) is 3.17. The molecule has 2 amide bonds. The predicted octanol–water partition coefficient (Wildman–Crippen LogP) is -1.47. The predicted molar refractivity (Wildman–Crippen MR) is 51.6 cm³/mol. The maximum absolute atomic E-state index is 11.3. The first-order valence-electron chi connectivity index (χ1n) is 5.17. The molecule has 0 unspecified atom stereocenters. The van der Waals surface area contributed by atoms with Crippen molar-refractivity contribution >= 4 is 11.8 Å². The molecule has 6 heteroatoms. The highest BCUT2D eigenvalue weighted by Gasteiger charge is 2.27. The lowest BCUT2D eigenvalue weighted by molar-refractivity contribution is -0.128. The van der Waals surface area contributed by atoms with Crippen LogP contribution in [0, 0.1) is 5.92 Å². The second-order valence-corrected chi connectivity index (χ2v) is 3.97. The Balaban J connectivity index is 1.60. The average Bonchev–Trinajstić information content (AvgIpc) is 2.93. The van der Waals surface area contributed by atoms with Crippen molar-refractivity contribution in [3.05, 3.63) is 0 Å². The van der Waals surface area contributed by atoms with E-state index in [0.29, 0.717) is 0 Å². The molecule has 84 valence electrons. The van der Waals surface area contributed by atoms with E-state index in [1.807, 2.05) is 0 Å². The summed E-state index contributed by atoms with van der Waals surface area (Å²) in [5.74, 6) is 0.294. The minimum Gasteiger partial charge on any atom is -0.341 e. The highest BCUT2D eigenvalue weighted by atomic mass is 16.7. The molecule has 1 saturated carbocycles. The molecule has 0 spiro atoms. The fourth-order valence-electron chi connectivity index (χ4n) is 1.41. The third-order valence-corrected chi connectivity index (χ3v) is 2.49. The minimum atomic E-state index is -0.541. The molecule has 1 heterocycles. The number of hydrogen-bond acceptors (Lipinski definition) is 4. The van der Waals surface area contributed by atoms with Crippen molar-refractivity contribution in [2.24, 2.45) is 5.92 Å². The van der Waals surface area contributed by atoms with E-state index in [0.717, 1.165) is 12.5 Å². The van der Waals surface area contributed by atoms with Crippen LogP contribution in [0.5, 0.6) is 0 Å². The standard InChI is InChI=1S/C9H15N3O3/c13-8(4-10-3-6-1-2-6)11-7-5-15-12-9(7)14/h6-7,10H,1-5H2,(H,11,13)(H,12,14)/t7-/m1/s1. The Hall–Kier alpha value is -1.14. The zero-order valence-corrected chi connectivity index (χ0v) is 8.41. The fraction of sp³-hybridized carbons (Fsp3) is 0.778. The van der Waals surface area contributed by atoms with E-state index in [9.17, 15) is 9.59 Å². The van der Waals surface area contributed by atoms with Gasteiger partial charge in [0.2, 0.25) is 5.91 Å². The summed E-state index contributed by atoms with van der Waals surface area (Å²) in [6.07, 6.45) is 2.51. The lowest BCUT2D eigenvalue weighted by Gasteiger charge is -2.08. The molecule has 1 aliphatic carbocycles. The number of rotatable bonds is 5. The van der Waals surface area contributed by atoms with Crippen molar-refractivity contribution in [1.29, 1.82) is 0 Å². The van der Waals surface area contributed by atoms with Crippen LogP contribution in [0.15, 0.2) is 0 Å². The van der Waals surface area contributed by atoms with Crippen LogP contribution < -0.4 is 16.1 Å². The van der Waals surface area contributed by atoms with Crippen LogP contribution >= 0.6 is 0 Å². The van der Waals surface area contributed by atoms with Crippen molar-refractivity contribution in [1.82, 2.24) is 16.1 Å². The van der Waals surface area contributed by atoms with E-state index in [-0.39, 0.29) is 25.0 Å². The summed E-state index contributed by atoms with van der Waals surface area (Å²) in [4.78, 5) is 27.1. The van der Waals surface area contributed by atoms with E-state index >= 15 is 0 Å². The van der Waals surface area contributed by atoms with E-state index in [1.54, 1.807) is 0 Å². The Bertz CT molecular complexity index is 265. The van der Waals surface area contributed by atoms with Gasteiger partial charge in [0.15, 0.2) is 0 Å². The minimum absolute atomic E-state index is 0.165. The smallest absolute Gasteiger partial charge is 0.268 e. The van der Waals surface area contributed by atoms with Gasteiger partial charge in [-0.25, -0.2) is 5.48 Å². The summed E-state index contributed by atoms with van der Waals surface area (Å²) < 4.78 is 0. The molecule has 0 aromatic carbocycles. The zero-order chi connectivity index (χ0) is 10.7. The molecule has 2 fully saturated rings. The van der Waals surface area contributed by atoms with Crippen LogP contribution in [0.25, 0.3) is 0 Å². The molecular formula is C9H15N3O3. The van der Waals surface area contributed by atoms with Crippen LogP contribution in [0.1, 0.15) is 12.8 Å². The summed E-state index contributed by atoms with van der Waals surface area (Å²) in [6.45, 7) is 1.36. The van der Waals surface area contributed by atoms with Gasteiger partial charge in [-0.3, -0.25) is 14.4 Å². The number of carbonyl (C=O) groups excluding carboxylic acids is 2. The molecule has 1 aliphatic heterocycles. The molecule has 2 rings (SSSR count). The molecule has 0 bridgehead atoms. The van der Waals surface area contributed by atoms with E-state index in [1.165, 1.54) is 12.8 Å². The Morgan fingerprint density at radius 2 is 2.33 bits per heavy atom. The van der Waals surface area contributed by atoms with Gasteiger partial charge in [-0.05, 0) is 25.3 Å². The van der Waals surface area contributed by atoms with Crippen molar-refractivity contribution in [2.45, 2.75) is 18.9 Å². The topological polar surface area (TPSA) is 79.5 Å². The van der Waals surface area contributed by atoms with E-state index in [4.69, 9.17) is 0 Å². The summed E-state index contributed by atoms with van der Waals surface area (Å²) in [7, 11) is 0. The van der Waals surface area contributed by atoms with Gasteiger partial charge in [0.05, 0.1) is 6.54 Å². The summed E-state index contributed by atoms with van der Waals surface area (Å²) in [6, 6.07) is -0.541. The summed E-state index contributed by atoms with van der Waals surface area (Å²) >= 11 is 0. The lowest BCUT2D eigenvalue weighted by Crippen LogP contribution is -2.45. The van der Waals surface area contributed by atoms with Crippen LogP contribution in [0.3, 0.4) is 0 Å². The van der Waals surface area contributed by atoms with E-state index in [2.05, 4.69) is 21.0 Å². The molecule has 0 radical (unpaired) electrons. The quantitative estimate of drug-likeness (QED) is 0.521. The molecule has 6 nitrogen and oxygen atoms in total. The first-order chi connectivity index (χ1) is 7.25. The van der Waals surface area contributed by atoms with Gasteiger partial charge in [-0.1, -0.05) is 0 Å². The highest BCUT2D eigenvalue weighted by Crippen LogP contribution is 2.27. The number of hydrogen-bond donors (Lipinski definition) is 3. The van der Waals surface area contributed by atoms with Crippen LogP contribution in [-0.4, -0.2) is 37.6 Å². The number of carbonyl (C=O) groups is 2. The van der Waals surface area contributed by atoms with Gasteiger partial charge >= 0.3 is 0 Å². The third-order valence-electron chi connectivity index (χ3n) is 2.49. The van der Waals surface area contributed by atoms with Crippen molar-refractivity contribution < 1.29 is 14.4 Å². The molecule has 3 N–H and O–H groups in total. The second kappa shape index (κ2) is 4.59. The number of hydroxylamine groups is 1. The van der Waals surface area contributed by atoms with E-state index < -0.39 is 6.04 Å². The van der Waals surface area contributed by atoms with Gasteiger partial charge < -0.3 is 10.6 Å². The summed E-state index contributed by atoms with van der Waals surface area (Å²) in [5.41, 5.74) is 2.19. The second-order valence-electron chi connectivity index (χ2n) is 3.97. The SMILES string of the molecule is O=C(CNCC1CC1)N[C@@H]1CONC1=O. The molecule has 0 aromatic rings. The molecule has 0 aromatic heterocycles. The van der Waals surface area contributed by atoms with Crippen molar-refractivity contribution in [2.75, 3.05) is 19.7 Å². The van der Waals surface area contributed by atoms with Gasteiger partial charge in [0.1, 0.15) is 12.6 Å². The Labute approximate surface area is 87.7 Å².